The highest BCUT2D eigenvalue weighted by Crippen LogP contribution is 2.24. The molecule has 4 atom stereocenters. The van der Waals surface area contributed by atoms with Crippen LogP contribution in [-0.4, -0.2) is 78.5 Å². The van der Waals surface area contributed by atoms with Crippen LogP contribution in [0, 0.1) is 11.8 Å². The fourth-order valence-electron chi connectivity index (χ4n) is 10.7. The molecule has 1 heterocycles. The van der Waals surface area contributed by atoms with Gasteiger partial charge in [0, 0.05) is 25.4 Å². The molecule has 1 aliphatic rings. The molecule has 1 fully saturated rings. The third-order valence-electron chi connectivity index (χ3n) is 15.4. The number of carbonyl (C=O) groups excluding carboxylic acids is 2. The molecular weight excluding hydrogens is 841 g/mol. The molecule has 0 aromatic carbocycles. The van der Waals surface area contributed by atoms with Gasteiger partial charge < -0.3 is 24.4 Å². The number of likely N-dealkylation sites (tertiary alicyclic amines) is 1. The van der Waals surface area contributed by atoms with Gasteiger partial charge in [-0.15, -0.1) is 0 Å². The molecule has 0 saturated carbocycles. The fourth-order valence-corrected chi connectivity index (χ4v) is 10.7. The summed E-state index contributed by atoms with van der Waals surface area (Å²) in [4.78, 5) is 31.8. The van der Waals surface area contributed by atoms with E-state index in [1.807, 2.05) is 0 Å². The fraction of sp³-hybridized carbons (Fsp3) is 0.967. The second kappa shape index (κ2) is 49.4. The first kappa shape index (κ1) is 64.8. The molecule has 7 heteroatoms. The lowest BCUT2D eigenvalue weighted by Gasteiger charge is -2.33. The van der Waals surface area contributed by atoms with Crippen molar-refractivity contribution < 1.29 is 24.2 Å². The average Bonchev–Trinajstić information content (AvgIpc) is 3.87. The van der Waals surface area contributed by atoms with Crippen molar-refractivity contribution in [1.82, 2.24) is 9.80 Å². The summed E-state index contributed by atoms with van der Waals surface area (Å²) in [5.41, 5.74) is 0. The molecule has 0 bridgehead atoms. The minimum absolute atomic E-state index is 0.00263. The normalized spacial score (nSPS) is 14.9. The zero-order valence-corrected chi connectivity index (χ0v) is 46.6. The van der Waals surface area contributed by atoms with E-state index < -0.39 is 6.29 Å². The van der Waals surface area contributed by atoms with E-state index in [0.717, 1.165) is 70.9 Å². The summed E-state index contributed by atoms with van der Waals surface area (Å²) < 4.78 is 11.8. The number of ether oxygens (including phenoxy) is 2. The van der Waals surface area contributed by atoms with Gasteiger partial charge in [-0.3, -0.25) is 9.59 Å². The van der Waals surface area contributed by atoms with Gasteiger partial charge in [-0.25, -0.2) is 0 Å². The second-order valence-corrected chi connectivity index (χ2v) is 21.9. The molecule has 1 saturated heterocycles. The minimum atomic E-state index is -0.623. The molecule has 68 heavy (non-hydrogen) atoms. The number of aliphatic hydroxyl groups is 1. The van der Waals surface area contributed by atoms with Gasteiger partial charge in [0.25, 0.3) is 0 Å². The number of hydrogen-bond acceptors (Lipinski definition) is 6. The predicted molar refractivity (Wildman–Crippen MR) is 293 cm³/mol. The van der Waals surface area contributed by atoms with E-state index in [-0.39, 0.29) is 5.97 Å². The van der Waals surface area contributed by atoms with E-state index in [2.05, 4.69) is 44.4 Å². The summed E-state index contributed by atoms with van der Waals surface area (Å²) in [7, 11) is 0. The number of rotatable bonds is 53. The average molecular weight is 962 g/mol. The monoisotopic (exact) mass is 961 g/mol. The summed E-state index contributed by atoms with van der Waals surface area (Å²) in [5.74, 6) is 1.53. The highest BCUT2D eigenvalue weighted by Gasteiger charge is 2.24. The van der Waals surface area contributed by atoms with Crippen molar-refractivity contribution in [3.05, 3.63) is 0 Å². The molecule has 1 rings (SSSR count). The Morgan fingerprint density at radius 2 is 0.868 bits per heavy atom. The molecule has 1 aliphatic heterocycles. The highest BCUT2D eigenvalue weighted by molar-refractivity contribution is 5.76. The van der Waals surface area contributed by atoms with Gasteiger partial charge in [0.15, 0.2) is 6.29 Å². The molecule has 1 amide bonds. The molecule has 404 valence electrons. The van der Waals surface area contributed by atoms with Gasteiger partial charge in [0.2, 0.25) is 5.91 Å². The van der Waals surface area contributed by atoms with Crippen LogP contribution in [0.3, 0.4) is 0 Å². The van der Waals surface area contributed by atoms with Crippen molar-refractivity contribution in [2.75, 3.05) is 39.4 Å². The summed E-state index contributed by atoms with van der Waals surface area (Å²) >= 11 is 0. The molecule has 0 aromatic heterocycles. The van der Waals surface area contributed by atoms with E-state index in [1.54, 1.807) is 0 Å². The van der Waals surface area contributed by atoms with Crippen molar-refractivity contribution in [3.63, 3.8) is 0 Å². The maximum absolute atomic E-state index is 14.2. The zero-order chi connectivity index (χ0) is 49.4. The predicted octanol–water partition coefficient (Wildman–Crippen LogP) is 17.9. The maximum atomic E-state index is 14.2. The summed E-state index contributed by atoms with van der Waals surface area (Å²) in [6.45, 7) is 17.1. The lowest BCUT2D eigenvalue weighted by Crippen LogP contribution is -2.41. The third kappa shape index (κ3) is 39.4. The lowest BCUT2D eigenvalue weighted by atomic mass is 9.96. The van der Waals surface area contributed by atoms with Crippen molar-refractivity contribution >= 4 is 11.9 Å². The summed E-state index contributed by atoms with van der Waals surface area (Å²) in [5, 5.41) is 10.6. The first-order valence-electron chi connectivity index (χ1n) is 30.8. The Kier molecular flexibility index (Phi) is 47.1. The number of esters is 1. The number of hydrogen-bond donors (Lipinski definition) is 1. The van der Waals surface area contributed by atoms with E-state index in [9.17, 15) is 14.7 Å². The van der Waals surface area contributed by atoms with E-state index in [4.69, 9.17) is 9.47 Å². The van der Waals surface area contributed by atoms with Crippen molar-refractivity contribution in [2.45, 2.75) is 329 Å². The summed E-state index contributed by atoms with van der Waals surface area (Å²) in [6.07, 6.45) is 51.5. The van der Waals surface area contributed by atoms with E-state index >= 15 is 0 Å². The van der Waals surface area contributed by atoms with Crippen LogP contribution >= 0.6 is 0 Å². The van der Waals surface area contributed by atoms with Crippen LogP contribution in [0.25, 0.3) is 0 Å². The van der Waals surface area contributed by atoms with Gasteiger partial charge in [-0.05, 0) is 115 Å². The summed E-state index contributed by atoms with van der Waals surface area (Å²) in [6, 6.07) is 0.349. The Labute approximate surface area is 424 Å². The van der Waals surface area contributed by atoms with Crippen LogP contribution in [0.5, 0.6) is 0 Å². The smallest absolute Gasteiger partial charge is 0.305 e. The highest BCUT2D eigenvalue weighted by atomic mass is 16.6. The van der Waals surface area contributed by atoms with Crippen molar-refractivity contribution in [1.29, 1.82) is 0 Å². The van der Waals surface area contributed by atoms with Gasteiger partial charge in [0.1, 0.15) is 0 Å². The quantitative estimate of drug-likeness (QED) is 0.0372. The Hall–Kier alpha value is -1.18. The topological polar surface area (TPSA) is 79.3 Å². The molecule has 0 aliphatic carbocycles. The van der Waals surface area contributed by atoms with Gasteiger partial charge >= 0.3 is 5.97 Å². The minimum Gasteiger partial charge on any atom is -0.465 e. The molecule has 7 nitrogen and oxygen atoms in total. The molecule has 0 spiro atoms. The van der Waals surface area contributed by atoms with E-state index in [1.165, 1.54) is 225 Å². The van der Waals surface area contributed by atoms with Crippen LogP contribution < -0.4 is 0 Å². The molecular formula is C61H120N2O5. The van der Waals surface area contributed by atoms with Crippen molar-refractivity contribution in [2.24, 2.45) is 11.8 Å². The van der Waals surface area contributed by atoms with Crippen LogP contribution in [0.4, 0.5) is 0 Å². The molecule has 4 unspecified atom stereocenters. The van der Waals surface area contributed by atoms with E-state index in [0.29, 0.717) is 49.8 Å². The van der Waals surface area contributed by atoms with Crippen LogP contribution in [0.1, 0.15) is 317 Å². The van der Waals surface area contributed by atoms with Gasteiger partial charge in [-0.2, -0.15) is 0 Å². The second-order valence-electron chi connectivity index (χ2n) is 21.9. The maximum Gasteiger partial charge on any atom is 0.305 e. The Bertz CT molecular complexity index is 1070. The number of aliphatic hydroxyl groups excluding tert-OH is 1. The number of unbranched alkanes of at least 4 members (excludes halogenated alkanes) is 25. The number of amides is 1. The Balaban J connectivity index is 2.66. The van der Waals surface area contributed by atoms with Crippen LogP contribution in [-0.2, 0) is 19.1 Å². The first-order chi connectivity index (χ1) is 33.4. The van der Waals surface area contributed by atoms with Crippen molar-refractivity contribution in [3.8, 4) is 0 Å². The van der Waals surface area contributed by atoms with Crippen LogP contribution in [0.2, 0.25) is 0 Å². The number of carbonyl (C=O) groups is 2. The van der Waals surface area contributed by atoms with Gasteiger partial charge in [-0.1, -0.05) is 221 Å². The molecule has 0 radical (unpaired) electrons. The SMILES string of the molecule is CCCCCCCCCCN(C(=O)CCCN1CCCC1)C(CCCCCCCCC(=O)OCC(CCCC)CCCCCC)CCCCCCCCC(O)OCC(CCCC)CCCCCC. The standard InChI is InChI=1S/C61H120N2O5/c1-6-11-16-19-20-25-30-37-53-63(59(64)47-40-52-62-50-38-39-51-62)58(45-33-26-21-23-28-35-48-60(65)67-54-56(41-14-9-4)43-31-17-12-7-2)46-34-27-22-24-29-36-49-61(66)68-55-57(42-15-10-5)44-32-18-13-8-3/h56-58,60,65H,6-55H2,1-5H3. The Morgan fingerprint density at radius 1 is 0.456 bits per heavy atom. The molecule has 0 aromatic rings. The van der Waals surface area contributed by atoms with Gasteiger partial charge in [0.05, 0.1) is 13.2 Å². The first-order valence-corrected chi connectivity index (χ1v) is 30.8. The van der Waals surface area contributed by atoms with Crippen LogP contribution in [0.15, 0.2) is 0 Å². The Morgan fingerprint density at radius 3 is 1.40 bits per heavy atom. The largest absolute Gasteiger partial charge is 0.465 e. The number of nitrogens with zero attached hydrogens (tertiary/aromatic N) is 2. The lowest BCUT2D eigenvalue weighted by molar-refractivity contribution is -0.145. The third-order valence-corrected chi connectivity index (χ3v) is 15.4. The molecule has 1 N–H and O–H groups in total. The zero-order valence-electron chi connectivity index (χ0n) is 46.6.